The van der Waals surface area contributed by atoms with Gasteiger partial charge in [0.1, 0.15) is 9.90 Å². The van der Waals surface area contributed by atoms with Crippen LogP contribution in [0.1, 0.15) is 0 Å². The summed E-state index contributed by atoms with van der Waals surface area (Å²) >= 11 is 18.6. The summed E-state index contributed by atoms with van der Waals surface area (Å²) < 4.78 is 9.00. The van der Waals surface area contributed by atoms with Crippen LogP contribution in [0.25, 0.3) is 21.7 Å². The molecule has 8 heteroatoms. The van der Waals surface area contributed by atoms with Crippen LogP contribution in [-0.4, -0.2) is 9.36 Å². The standard InChI is InChI=1S/C11H3Cl3N2O2S/c12-4-1-2-5-6(3-4)15-10(18-11(5)17)8-7(13)9(14)16-19-8/h1-3H. The van der Waals surface area contributed by atoms with Crippen LogP contribution in [0.5, 0.6) is 0 Å². The molecular weight excluding hydrogens is 331 g/mol. The first-order valence-electron chi connectivity index (χ1n) is 4.97. The van der Waals surface area contributed by atoms with Crippen molar-refractivity contribution >= 4 is 57.2 Å². The molecule has 0 fully saturated rings. The van der Waals surface area contributed by atoms with Gasteiger partial charge >= 0.3 is 5.63 Å². The van der Waals surface area contributed by atoms with E-state index in [0.29, 0.717) is 20.8 Å². The number of benzene rings is 1. The van der Waals surface area contributed by atoms with Crippen LogP contribution < -0.4 is 5.63 Å². The highest BCUT2D eigenvalue weighted by molar-refractivity contribution is 7.10. The fourth-order valence-electron chi connectivity index (χ4n) is 1.53. The van der Waals surface area contributed by atoms with Crippen LogP contribution in [0.2, 0.25) is 15.2 Å². The molecule has 3 aromatic rings. The molecule has 0 spiro atoms. The van der Waals surface area contributed by atoms with Crippen LogP contribution in [0.4, 0.5) is 0 Å². The Kier molecular flexibility index (Phi) is 3.22. The van der Waals surface area contributed by atoms with Crippen molar-refractivity contribution in [2.75, 3.05) is 0 Å². The zero-order valence-corrected chi connectivity index (χ0v) is 12.1. The van der Waals surface area contributed by atoms with Gasteiger partial charge in [-0.05, 0) is 29.7 Å². The maximum absolute atomic E-state index is 11.9. The van der Waals surface area contributed by atoms with E-state index in [0.717, 1.165) is 11.5 Å². The van der Waals surface area contributed by atoms with Gasteiger partial charge in [0.25, 0.3) is 0 Å². The number of halogens is 3. The molecule has 2 aromatic heterocycles. The van der Waals surface area contributed by atoms with Crippen molar-refractivity contribution in [1.82, 2.24) is 9.36 Å². The summed E-state index contributed by atoms with van der Waals surface area (Å²) in [4.78, 5) is 16.5. The van der Waals surface area contributed by atoms with Crippen molar-refractivity contribution in [1.29, 1.82) is 0 Å². The normalized spacial score (nSPS) is 11.1. The molecule has 19 heavy (non-hydrogen) atoms. The fourth-order valence-corrected chi connectivity index (χ4v) is 2.84. The molecule has 1 aromatic carbocycles. The molecule has 0 bridgehead atoms. The lowest BCUT2D eigenvalue weighted by molar-refractivity contribution is 0.520. The van der Waals surface area contributed by atoms with Crippen LogP contribution in [0, 0.1) is 0 Å². The quantitative estimate of drug-likeness (QED) is 0.667. The molecule has 0 unspecified atom stereocenters. The van der Waals surface area contributed by atoms with Crippen molar-refractivity contribution in [3.8, 4) is 10.8 Å². The molecule has 0 aliphatic carbocycles. The van der Waals surface area contributed by atoms with E-state index in [4.69, 9.17) is 39.2 Å². The van der Waals surface area contributed by atoms with Gasteiger partial charge in [0.15, 0.2) is 5.15 Å². The first-order valence-corrected chi connectivity index (χ1v) is 6.88. The Labute approximate surface area is 125 Å². The first kappa shape index (κ1) is 12.9. The van der Waals surface area contributed by atoms with Gasteiger partial charge in [-0.15, -0.1) is 0 Å². The van der Waals surface area contributed by atoms with Gasteiger partial charge < -0.3 is 4.42 Å². The number of fused-ring (bicyclic) bond motifs is 1. The third-order valence-corrected chi connectivity index (χ3v) is 4.40. The van der Waals surface area contributed by atoms with E-state index in [1.807, 2.05) is 0 Å². The number of rotatable bonds is 1. The lowest BCUT2D eigenvalue weighted by Gasteiger charge is -1.99. The third kappa shape index (κ3) is 2.23. The molecule has 0 atom stereocenters. The molecule has 0 aliphatic heterocycles. The fraction of sp³-hybridized carbons (Fsp3) is 0. The van der Waals surface area contributed by atoms with E-state index >= 15 is 0 Å². The first-order chi connectivity index (χ1) is 9.06. The largest absolute Gasteiger partial charge is 0.402 e. The van der Waals surface area contributed by atoms with Gasteiger partial charge in [-0.3, -0.25) is 0 Å². The number of hydrogen-bond donors (Lipinski definition) is 0. The highest BCUT2D eigenvalue weighted by atomic mass is 35.5. The molecule has 0 N–H and O–H groups in total. The van der Waals surface area contributed by atoms with E-state index < -0.39 is 5.63 Å². The SMILES string of the molecule is O=c1oc(-c2snc(Cl)c2Cl)nc2cc(Cl)ccc12. The molecule has 4 nitrogen and oxygen atoms in total. The average molecular weight is 334 g/mol. The van der Waals surface area contributed by atoms with E-state index in [2.05, 4.69) is 9.36 Å². The Hall–Kier alpha value is -1.14. The number of aromatic nitrogens is 2. The van der Waals surface area contributed by atoms with Gasteiger partial charge in [-0.1, -0.05) is 34.8 Å². The predicted octanol–water partition coefficient (Wildman–Crippen LogP) is 4.27. The number of hydrogen-bond acceptors (Lipinski definition) is 5. The lowest BCUT2D eigenvalue weighted by atomic mass is 10.2. The minimum atomic E-state index is -0.516. The molecule has 2 heterocycles. The Morgan fingerprint density at radius 2 is 2.00 bits per heavy atom. The summed E-state index contributed by atoms with van der Waals surface area (Å²) in [6.07, 6.45) is 0. The van der Waals surface area contributed by atoms with E-state index in [-0.39, 0.29) is 16.1 Å². The summed E-state index contributed by atoms with van der Waals surface area (Å²) in [5, 5.41) is 1.19. The molecular formula is C11H3Cl3N2O2S. The topological polar surface area (TPSA) is 56.0 Å². The third-order valence-electron chi connectivity index (χ3n) is 2.38. The molecule has 0 aliphatic rings. The molecule has 0 saturated carbocycles. The maximum Gasteiger partial charge on any atom is 0.347 e. The Morgan fingerprint density at radius 3 is 2.68 bits per heavy atom. The smallest absolute Gasteiger partial charge is 0.347 e. The lowest BCUT2D eigenvalue weighted by Crippen LogP contribution is -2.02. The Morgan fingerprint density at radius 1 is 1.21 bits per heavy atom. The minimum Gasteiger partial charge on any atom is -0.402 e. The second-order valence-electron chi connectivity index (χ2n) is 3.58. The van der Waals surface area contributed by atoms with Crippen LogP contribution in [0.3, 0.4) is 0 Å². The van der Waals surface area contributed by atoms with Gasteiger partial charge in [0.05, 0.1) is 10.9 Å². The molecule has 96 valence electrons. The van der Waals surface area contributed by atoms with Gasteiger partial charge in [0.2, 0.25) is 5.89 Å². The molecule has 0 radical (unpaired) electrons. The number of nitrogens with zero attached hydrogens (tertiary/aromatic N) is 2. The van der Waals surface area contributed by atoms with Crippen LogP contribution in [-0.2, 0) is 0 Å². The van der Waals surface area contributed by atoms with Crippen LogP contribution >= 0.6 is 46.3 Å². The van der Waals surface area contributed by atoms with Gasteiger partial charge in [-0.25, -0.2) is 9.78 Å². The zero-order valence-electron chi connectivity index (χ0n) is 8.99. The summed E-state index contributed by atoms with van der Waals surface area (Å²) in [6.45, 7) is 0. The summed E-state index contributed by atoms with van der Waals surface area (Å²) in [6, 6.07) is 4.73. The molecule has 0 saturated heterocycles. The van der Waals surface area contributed by atoms with Crippen LogP contribution in [0.15, 0.2) is 27.4 Å². The second-order valence-corrected chi connectivity index (χ2v) is 5.53. The van der Waals surface area contributed by atoms with Gasteiger partial charge in [0, 0.05) is 5.02 Å². The highest BCUT2D eigenvalue weighted by Crippen LogP contribution is 2.36. The van der Waals surface area contributed by atoms with E-state index in [1.54, 1.807) is 18.2 Å². The summed E-state index contributed by atoms with van der Waals surface area (Å²) in [5.41, 5.74) is -0.0865. The van der Waals surface area contributed by atoms with Crippen molar-refractivity contribution in [3.63, 3.8) is 0 Å². The Balaban J connectivity index is 2.31. The molecule has 0 amide bonds. The monoisotopic (exact) mass is 332 g/mol. The maximum atomic E-state index is 11.9. The summed E-state index contributed by atoms with van der Waals surface area (Å²) in [7, 11) is 0. The average Bonchev–Trinajstić information content (AvgIpc) is 2.69. The van der Waals surface area contributed by atoms with Crippen molar-refractivity contribution in [3.05, 3.63) is 43.8 Å². The summed E-state index contributed by atoms with van der Waals surface area (Å²) in [5.74, 6) is 0.0779. The Bertz CT molecular complexity index is 844. The van der Waals surface area contributed by atoms with Crippen molar-refractivity contribution in [2.24, 2.45) is 0 Å². The minimum absolute atomic E-state index is 0.0779. The van der Waals surface area contributed by atoms with E-state index in [1.165, 1.54) is 0 Å². The van der Waals surface area contributed by atoms with Crippen molar-refractivity contribution in [2.45, 2.75) is 0 Å². The predicted molar refractivity (Wildman–Crippen MR) is 76.4 cm³/mol. The second kappa shape index (κ2) is 4.76. The van der Waals surface area contributed by atoms with Crippen molar-refractivity contribution < 1.29 is 4.42 Å². The van der Waals surface area contributed by atoms with Gasteiger partial charge in [-0.2, -0.15) is 4.37 Å². The zero-order chi connectivity index (χ0) is 13.6. The molecule has 3 rings (SSSR count). The van der Waals surface area contributed by atoms with E-state index in [9.17, 15) is 4.79 Å². The highest BCUT2D eigenvalue weighted by Gasteiger charge is 2.17.